The molecule has 29 heavy (non-hydrogen) atoms. The fraction of sp³-hybridized carbons (Fsp3) is 0. The van der Waals surface area contributed by atoms with Crippen molar-refractivity contribution >= 4 is 51.7 Å². The van der Waals surface area contributed by atoms with Gasteiger partial charge in [0.25, 0.3) is 0 Å². The van der Waals surface area contributed by atoms with E-state index in [1.54, 1.807) is 18.2 Å². The molecule has 1 aromatic heterocycles. The third-order valence-electron chi connectivity index (χ3n) is 4.56. The van der Waals surface area contributed by atoms with Gasteiger partial charge in [0.15, 0.2) is 4.77 Å². The van der Waals surface area contributed by atoms with Crippen molar-refractivity contribution in [3.8, 4) is 6.07 Å². The molecule has 4 aromatic rings. The van der Waals surface area contributed by atoms with Crippen molar-refractivity contribution in [2.75, 3.05) is 5.23 Å². The number of Topliss-reactive ketones (excluding diaryl/α,β-unsaturated/α-hetero) is 1. The Morgan fingerprint density at radius 2 is 1.93 bits per heavy atom. The van der Waals surface area contributed by atoms with Crippen LogP contribution in [0.15, 0.2) is 66.2 Å². The van der Waals surface area contributed by atoms with E-state index in [1.807, 2.05) is 36.4 Å². The van der Waals surface area contributed by atoms with E-state index in [1.165, 1.54) is 22.9 Å². The van der Waals surface area contributed by atoms with Crippen LogP contribution < -0.4 is 5.23 Å². The Morgan fingerprint density at radius 1 is 1.17 bits per heavy atom. The molecular weight excluding hydrogens is 388 g/mol. The molecule has 3 aromatic carbocycles. The minimum Gasteiger partial charge on any atom is -0.733 e. The number of benzene rings is 3. The van der Waals surface area contributed by atoms with Gasteiger partial charge in [-0.2, -0.15) is 5.26 Å². The maximum absolute atomic E-state index is 12.9. The van der Waals surface area contributed by atoms with Crippen LogP contribution in [0.2, 0.25) is 0 Å². The predicted molar refractivity (Wildman–Crippen MR) is 113 cm³/mol. The first-order chi connectivity index (χ1) is 14.0. The summed E-state index contributed by atoms with van der Waals surface area (Å²) in [5.41, 5.74) is 1.29. The Kier molecular flexibility index (Phi) is 4.70. The number of anilines is 1. The van der Waals surface area contributed by atoms with Crippen molar-refractivity contribution in [1.82, 2.24) is 9.55 Å². The monoisotopic (exact) mass is 401 g/mol. The van der Waals surface area contributed by atoms with Crippen molar-refractivity contribution in [2.24, 2.45) is 0 Å². The van der Waals surface area contributed by atoms with Gasteiger partial charge in [0.1, 0.15) is 11.6 Å². The smallest absolute Gasteiger partial charge is 0.205 e. The van der Waals surface area contributed by atoms with Gasteiger partial charge in [0.05, 0.1) is 16.7 Å². The molecule has 0 spiro atoms. The highest BCUT2D eigenvalue weighted by molar-refractivity contribution is 7.71. The van der Waals surface area contributed by atoms with Crippen molar-refractivity contribution in [2.45, 2.75) is 0 Å². The second-order valence-electron chi connectivity index (χ2n) is 6.32. The summed E-state index contributed by atoms with van der Waals surface area (Å²) in [5.74, 6) is -0.446. The molecule has 0 saturated heterocycles. The summed E-state index contributed by atoms with van der Waals surface area (Å²) in [5, 5.41) is 31.5. The highest BCUT2D eigenvalue weighted by atomic mass is 32.1. The number of rotatable bonds is 4. The molecule has 0 amide bonds. The molecule has 7 nitrogen and oxygen atoms in total. The maximum Gasteiger partial charge on any atom is 0.205 e. The van der Waals surface area contributed by atoms with Crippen LogP contribution >= 0.6 is 12.2 Å². The second-order valence-corrected chi connectivity index (χ2v) is 6.71. The number of aromatic nitrogens is 2. The van der Waals surface area contributed by atoms with Crippen molar-refractivity contribution in [3.63, 3.8) is 0 Å². The number of nitrogens with one attached hydrogen (secondary N) is 1. The fourth-order valence-corrected chi connectivity index (χ4v) is 3.37. The molecule has 0 aliphatic heterocycles. The Balaban J connectivity index is 1.82. The lowest BCUT2D eigenvalue weighted by atomic mass is 10.0. The number of nitrogens with zero attached hydrogens (tertiary/aromatic N) is 3. The summed E-state index contributed by atoms with van der Waals surface area (Å²) in [7, 11) is 0. The second kappa shape index (κ2) is 7.33. The van der Waals surface area contributed by atoms with Gasteiger partial charge in [-0.15, -0.1) is 0 Å². The predicted octanol–water partition coefficient (Wildman–Crippen LogP) is 4.79. The molecule has 2 N–H and O–H groups in total. The van der Waals surface area contributed by atoms with Crippen LogP contribution in [0.25, 0.3) is 28.0 Å². The average Bonchev–Trinajstić information content (AvgIpc) is 3.05. The van der Waals surface area contributed by atoms with Crippen LogP contribution in [-0.2, 0) is 0 Å². The molecule has 0 bridgehead atoms. The molecule has 0 unspecified atom stereocenters. The fourth-order valence-electron chi connectivity index (χ4n) is 3.11. The quantitative estimate of drug-likeness (QED) is 0.167. The largest absolute Gasteiger partial charge is 0.733 e. The Hall–Kier alpha value is -3.77. The molecule has 0 saturated carbocycles. The van der Waals surface area contributed by atoms with E-state index in [2.05, 4.69) is 4.98 Å². The van der Waals surface area contributed by atoms with Gasteiger partial charge in [-0.3, -0.25) is 14.6 Å². The lowest BCUT2D eigenvalue weighted by molar-refractivity contribution is 0.104. The number of H-pyrrole nitrogens is 1. The van der Waals surface area contributed by atoms with Gasteiger partial charge >= 0.3 is 0 Å². The van der Waals surface area contributed by atoms with E-state index in [4.69, 9.17) is 17.4 Å². The molecule has 0 fully saturated rings. The first kappa shape index (κ1) is 18.6. The van der Waals surface area contributed by atoms with Gasteiger partial charge < -0.3 is 15.4 Å². The first-order valence-electron chi connectivity index (χ1n) is 8.54. The van der Waals surface area contributed by atoms with Gasteiger partial charge in [0.2, 0.25) is 5.78 Å². The van der Waals surface area contributed by atoms with E-state index in [-0.39, 0.29) is 21.3 Å². The zero-order chi connectivity index (χ0) is 20.5. The van der Waals surface area contributed by atoms with Crippen LogP contribution in [0.5, 0.6) is 0 Å². The van der Waals surface area contributed by atoms with Gasteiger partial charge in [-0.25, -0.2) is 0 Å². The lowest BCUT2D eigenvalue weighted by Crippen LogP contribution is -2.07. The molecule has 0 aliphatic carbocycles. The Labute approximate surface area is 169 Å². The maximum atomic E-state index is 12.9. The van der Waals surface area contributed by atoms with Gasteiger partial charge in [-0.05, 0) is 47.3 Å². The zero-order valence-corrected chi connectivity index (χ0v) is 15.7. The average molecular weight is 401 g/mol. The van der Waals surface area contributed by atoms with Crippen LogP contribution in [-0.4, -0.2) is 20.5 Å². The highest BCUT2D eigenvalue weighted by Crippen LogP contribution is 2.23. The van der Waals surface area contributed by atoms with Crippen LogP contribution in [0.1, 0.15) is 10.4 Å². The number of hydrogen-bond acceptors (Lipinski definition) is 6. The summed E-state index contributed by atoms with van der Waals surface area (Å²) in [6.45, 7) is 0. The number of fused-ring (bicyclic) bond motifs is 2. The van der Waals surface area contributed by atoms with Gasteiger partial charge in [0, 0.05) is 11.8 Å². The molecule has 0 atom stereocenters. The van der Waals surface area contributed by atoms with E-state index < -0.39 is 5.78 Å². The topological polar surface area (TPSA) is 108 Å². The molecule has 8 heteroatoms. The van der Waals surface area contributed by atoms with Crippen molar-refractivity contribution < 1.29 is 10.0 Å². The minimum absolute atomic E-state index is 0.00647. The number of aromatic amines is 1. The SMILES string of the molecule is N#C/C(=C/n1c(=S)[nH]c2ccc(N([O-])O)cc21)C(=O)c1ccc2ccccc2c1. The van der Waals surface area contributed by atoms with E-state index >= 15 is 0 Å². The van der Waals surface area contributed by atoms with E-state index in [0.717, 1.165) is 10.8 Å². The number of allylic oxidation sites excluding steroid dienone is 1. The summed E-state index contributed by atoms with van der Waals surface area (Å²) < 4.78 is 1.67. The van der Waals surface area contributed by atoms with Crippen LogP contribution in [0.4, 0.5) is 5.69 Å². The number of hydrogen-bond donors (Lipinski definition) is 2. The van der Waals surface area contributed by atoms with E-state index in [0.29, 0.717) is 16.6 Å². The zero-order valence-electron chi connectivity index (χ0n) is 14.9. The standard InChI is InChI=1S/C21H13N4O3S/c22-11-16(20(26)15-6-5-13-3-1-2-4-14(13)9-15)12-24-19-10-17(25(27)28)7-8-18(19)23-21(24)29/h1-10,12,27H,(H,23,29)/q-1/b16-12-. The third kappa shape index (κ3) is 3.41. The molecule has 142 valence electrons. The lowest BCUT2D eigenvalue weighted by Gasteiger charge is -2.21. The number of carbonyl (C=O) groups is 1. The number of ketones is 1. The van der Waals surface area contributed by atoms with Crippen molar-refractivity contribution in [1.29, 1.82) is 5.26 Å². The summed E-state index contributed by atoms with van der Waals surface area (Å²) >= 11 is 5.28. The normalized spacial score (nSPS) is 11.6. The highest BCUT2D eigenvalue weighted by Gasteiger charge is 2.14. The molecule has 0 aliphatic rings. The molecule has 1 heterocycles. The van der Waals surface area contributed by atoms with Crippen LogP contribution in [0, 0.1) is 21.3 Å². The number of carbonyl (C=O) groups excluding carboxylic acids is 1. The first-order valence-corrected chi connectivity index (χ1v) is 8.94. The molecule has 4 rings (SSSR count). The van der Waals surface area contributed by atoms with Crippen molar-refractivity contribution in [3.05, 3.63) is 81.8 Å². The van der Waals surface area contributed by atoms with Crippen LogP contribution in [0.3, 0.4) is 0 Å². The minimum atomic E-state index is -0.446. The Morgan fingerprint density at radius 3 is 2.66 bits per heavy atom. The summed E-state index contributed by atoms with van der Waals surface area (Å²) in [6, 6.07) is 19.2. The third-order valence-corrected chi connectivity index (χ3v) is 4.86. The molecular formula is C21H13N4O3S-. The number of nitriles is 1. The summed E-state index contributed by atoms with van der Waals surface area (Å²) in [4.78, 5) is 15.9. The Bertz CT molecular complexity index is 1390. The van der Waals surface area contributed by atoms with Gasteiger partial charge in [-0.1, -0.05) is 36.4 Å². The number of imidazole rings is 1. The summed E-state index contributed by atoms with van der Waals surface area (Å²) in [6.07, 6.45) is 1.33. The molecule has 0 radical (unpaired) electrons. The van der Waals surface area contributed by atoms with E-state index in [9.17, 15) is 15.3 Å².